The molecule has 0 spiro atoms. The minimum atomic E-state index is -1.38. The highest BCUT2D eigenvalue weighted by Gasteiger charge is 2.15. The predicted molar refractivity (Wildman–Crippen MR) is 116 cm³/mol. The maximum Gasteiger partial charge on any atom is 0.349 e. The number of nitrogens with zero attached hydrogens (tertiary/aromatic N) is 3. The average molecular weight is 426 g/mol. The number of nitriles is 1. The number of hydrogen-bond donors (Lipinski definition) is 2. The Balaban J connectivity index is 2.45. The van der Waals surface area contributed by atoms with Gasteiger partial charge < -0.3 is 15.3 Å². The zero-order chi connectivity index (χ0) is 22.4. The average Bonchev–Trinajstić information content (AvgIpc) is 3.02. The molecule has 0 saturated heterocycles. The first-order valence-electron chi connectivity index (χ1n) is 9.17. The van der Waals surface area contributed by atoms with Crippen LogP contribution in [0.15, 0.2) is 35.3 Å². The number of benzene rings is 1. The fraction of sp³-hybridized carbons (Fsp3) is 0.286. The lowest BCUT2D eigenvalue weighted by atomic mass is 10.1. The first-order chi connectivity index (χ1) is 14.2. The van der Waals surface area contributed by atoms with E-state index < -0.39 is 17.1 Å². The number of rotatable bonds is 6. The van der Waals surface area contributed by atoms with Gasteiger partial charge >= 0.3 is 5.97 Å². The molecule has 0 atom stereocenters. The van der Waals surface area contributed by atoms with E-state index in [0.717, 1.165) is 11.3 Å². The summed E-state index contributed by atoms with van der Waals surface area (Å²) in [7, 11) is 1.70. The lowest BCUT2D eigenvalue weighted by Gasteiger charge is -2.20. The summed E-state index contributed by atoms with van der Waals surface area (Å²) in [6.45, 7) is 5.59. The first kappa shape index (κ1) is 22.7. The van der Waals surface area contributed by atoms with Gasteiger partial charge in [-0.15, -0.1) is 11.3 Å². The lowest BCUT2D eigenvalue weighted by Crippen LogP contribution is -2.31. The highest BCUT2D eigenvalue weighted by molar-refractivity contribution is 7.07. The van der Waals surface area contributed by atoms with Crippen LogP contribution < -0.4 is 25.0 Å². The van der Waals surface area contributed by atoms with Crippen LogP contribution in [0.1, 0.15) is 20.8 Å². The van der Waals surface area contributed by atoms with E-state index in [1.807, 2.05) is 19.9 Å². The van der Waals surface area contributed by atoms with Crippen LogP contribution in [0.5, 0.6) is 0 Å². The second-order valence-corrected chi connectivity index (χ2v) is 7.61. The van der Waals surface area contributed by atoms with E-state index in [1.54, 1.807) is 43.1 Å². The molecule has 9 heteroatoms. The first-order valence-corrected chi connectivity index (χ1v) is 9.99. The van der Waals surface area contributed by atoms with E-state index in [9.17, 15) is 19.5 Å². The van der Waals surface area contributed by atoms with E-state index >= 15 is 0 Å². The van der Waals surface area contributed by atoms with Crippen molar-refractivity contribution in [3.63, 3.8) is 0 Å². The van der Waals surface area contributed by atoms with Gasteiger partial charge in [0.15, 0.2) is 5.57 Å². The molecule has 1 amide bonds. The van der Waals surface area contributed by atoms with Crippen molar-refractivity contribution in [2.24, 2.45) is 5.92 Å². The summed E-state index contributed by atoms with van der Waals surface area (Å²) in [5.74, 6) is -1.52. The number of amides is 1. The lowest BCUT2D eigenvalue weighted by molar-refractivity contribution is -0.130. The van der Waals surface area contributed by atoms with Crippen molar-refractivity contribution < 1.29 is 14.7 Å². The molecule has 1 heterocycles. The molecule has 2 aromatic rings. The summed E-state index contributed by atoms with van der Waals surface area (Å²) in [6.07, 6.45) is 1.44. The monoisotopic (exact) mass is 426 g/mol. The Morgan fingerprint density at radius 3 is 2.67 bits per heavy atom. The van der Waals surface area contributed by atoms with Crippen molar-refractivity contribution in [2.75, 3.05) is 17.3 Å². The second kappa shape index (κ2) is 9.74. The van der Waals surface area contributed by atoms with Gasteiger partial charge in [-0.05, 0) is 25.1 Å². The van der Waals surface area contributed by atoms with Crippen molar-refractivity contribution in [3.8, 4) is 6.07 Å². The van der Waals surface area contributed by atoms with Gasteiger partial charge in [-0.3, -0.25) is 14.2 Å². The summed E-state index contributed by atoms with van der Waals surface area (Å²) >= 11 is 0.897. The normalized spacial score (nSPS) is 11.3. The third-order valence-corrected chi connectivity index (χ3v) is 5.35. The third-order valence-electron chi connectivity index (χ3n) is 4.24. The summed E-state index contributed by atoms with van der Waals surface area (Å²) in [5, 5.41) is 21.3. The molecule has 0 aliphatic carbocycles. The van der Waals surface area contributed by atoms with Gasteiger partial charge in [-0.25, -0.2) is 4.79 Å². The van der Waals surface area contributed by atoms with Gasteiger partial charge in [-0.2, -0.15) is 5.26 Å². The quantitative estimate of drug-likeness (QED) is 0.720. The SMILES string of the molecule is CCn1c(=O)c(=C=CNc2cccc(N(C)C(=O)C(C)C)c2)s/c1=C(/C#N)C(=O)O. The fourth-order valence-electron chi connectivity index (χ4n) is 2.67. The Morgan fingerprint density at radius 2 is 2.10 bits per heavy atom. The molecule has 8 nitrogen and oxygen atoms in total. The molecule has 2 N–H and O–H groups in total. The molecular formula is C21H22N4O4S. The summed E-state index contributed by atoms with van der Waals surface area (Å²) in [4.78, 5) is 37.5. The van der Waals surface area contributed by atoms with Crippen LogP contribution in [0.2, 0.25) is 0 Å². The minimum absolute atomic E-state index is 0.0107. The zero-order valence-electron chi connectivity index (χ0n) is 17.1. The van der Waals surface area contributed by atoms with Crippen molar-refractivity contribution in [3.05, 3.63) is 50.0 Å². The van der Waals surface area contributed by atoms with E-state index in [2.05, 4.69) is 11.0 Å². The third kappa shape index (κ3) is 4.87. The Bertz CT molecular complexity index is 1230. The number of carboxylic acids is 1. The molecule has 156 valence electrons. The van der Waals surface area contributed by atoms with Crippen LogP contribution in [0, 0.1) is 17.2 Å². The van der Waals surface area contributed by atoms with Crippen molar-refractivity contribution in [1.29, 1.82) is 5.26 Å². The van der Waals surface area contributed by atoms with Crippen LogP contribution in [0.3, 0.4) is 0 Å². The minimum Gasteiger partial charge on any atom is -0.477 e. The number of hydrogen-bond acceptors (Lipinski definition) is 6. The van der Waals surface area contributed by atoms with E-state index in [4.69, 9.17) is 5.26 Å². The van der Waals surface area contributed by atoms with Crippen molar-refractivity contribution in [2.45, 2.75) is 27.3 Å². The van der Waals surface area contributed by atoms with Gasteiger partial charge in [0.1, 0.15) is 15.3 Å². The molecule has 0 saturated carbocycles. The maximum atomic E-state index is 12.5. The molecular weight excluding hydrogens is 404 g/mol. The number of carboxylic acid groups (broad SMARTS) is 1. The van der Waals surface area contributed by atoms with E-state index in [-0.39, 0.29) is 27.6 Å². The van der Waals surface area contributed by atoms with E-state index in [0.29, 0.717) is 11.4 Å². The molecule has 0 aliphatic heterocycles. The Labute approximate surface area is 177 Å². The highest BCUT2D eigenvalue weighted by atomic mass is 32.1. The Hall–Kier alpha value is -3.60. The molecule has 0 radical (unpaired) electrons. The predicted octanol–water partition coefficient (Wildman–Crippen LogP) is 1.31. The number of thiazole rings is 1. The summed E-state index contributed by atoms with van der Waals surface area (Å²) < 4.78 is 1.50. The summed E-state index contributed by atoms with van der Waals surface area (Å²) in [5.41, 5.74) is 3.32. The van der Waals surface area contributed by atoms with Gasteiger partial charge in [0.05, 0.1) is 0 Å². The highest BCUT2D eigenvalue weighted by Crippen LogP contribution is 2.19. The molecule has 0 unspecified atom stereocenters. The number of aliphatic carboxylic acids is 1. The van der Waals surface area contributed by atoms with Gasteiger partial charge in [-0.1, -0.05) is 25.6 Å². The van der Waals surface area contributed by atoms with Crippen LogP contribution in [-0.4, -0.2) is 28.6 Å². The maximum absolute atomic E-state index is 12.5. The molecule has 0 bridgehead atoms. The molecule has 30 heavy (non-hydrogen) atoms. The largest absolute Gasteiger partial charge is 0.477 e. The summed E-state index contributed by atoms with van der Waals surface area (Å²) in [6, 6.07) is 8.82. The smallest absolute Gasteiger partial charge is 0.349 e. The Morgan fingerprint density at radius 1 is 1.40 bits per heavy atom. The number of anilines is 2. The molecule has 1 aromatic heterocycles. The number of aromatic nitrogens is 1. The zero-order valence-corrected chi connectivity index (χ0v) is 17.9. The molecule has 0 aliphatic rings. The molecule has 0 fully saturated rings. The van der Waals surface area contributed by atoms with Crippen LogP contribution in [0.4, 0.5) is 11.4 Å². The van der Waals surface area contributed by atoms with Gasteiger partial charge in [0.25, 0.3) is 5.56 Å². The number of nitrogens with one attached hydrogen (secondary N) is 1. The van der Waals surface area contributed by atoms with Gasteiger partial charge in [0.2, 0.25) is 5.91 Å². The topological polar surface area (TPSA) is 115 Å². The fourth-order valence-corrected chi connectivity index (χ4v) is 3.73. The van der Waals surface area contributed by atoms with Crippen LogP contribution in [0.25, 0.3) is 11.3 Å². The number of carbonyl (C=O) groups is 2. The van der Waals surface area contributed by atoms with E-state index in [1.165, 1.54) is 10.8 Å². The van der Waals surface area contributed by atoms with Crippen molar-refractivity contribution >= 4 is 45.9 Å². The molecule has 1 aromatic carbocycles. The van der Waals surface area contributed by atoms with Gasteiger partial charge in [0, 0.05) is 37.1 Å². The van der Waals surface area contributed by atoms with Crippen molar-refractivity contribution in [1.82, 2.24) is 4.57 Å². The standard InChI is InChI=1S/C21H22N4O4S/c1-5-25-19(27)17(30-20(25)16(12-22)21(28)29)9-10-23-14-7-6-8-15(11-14)24(4)18(26)13(2)3/h6-8,10-11,13,23H,5H2,1-4H3,(H,28,29)/b20-16-. The van der Waals surface area contributed by atoms with Crippen LogP contribution in [-0.2, 0) is 16.1 Å². The van der Waals surface area contributed by atoms with Crippen LogP contribution >= 0.6 is 11.3 Å². The molecule has 2 rings (SSSR count). The second-order valence-electron chi connectivity index (χ2n) is 6.61. The number of carbonyl (C=O) groups excluding carboxylic acids is 1. The Kier molecular flexibility index (Phi) is 7.37.